The van der Waals surface area contributed by atoms with E-state index in [-0.39, 0.29) is 30.9 Å². The summed E-state index contributed by atoms with van der Waals surface area (Å²) in [7, 11) is 0. The van der Waals surface area contributed by atoms with Gasteiger partial charge in [0.05, 0.1) is 24.6 Å². The molecular weight excluding hydrogens is 270 g/mol. The highest BCUT2D eigenvalue weighted by Gasteiger charge is 2.37. The molecule has 2 aliphatic rings. The van der Waals surface area contributed by atoms with Gasteiger partial charge < -0.3 is 15.7 Å². The molecule has 0 aromatic heterocycles. The zero-order valence-electron chi connectivity index (χ0n) is 13.0. The molecule has 2 rings (SSSR count). The van der Waals surface area contributed by atoms with Crippen LogP contribution in [-0.2, 0) is 9.59 Å². The summed E-state index contributed by atoms with van der Waals surface area (Å²) in [6, 6.07) is -0.178. The highest BCUT2D eigenvalue weighted by atomic mass is 16.3. The molecule has 0 spiro atoms. The topological polar surface area (TPSA) is 81.7 Å². The Balaban J connectivity index is 1.98. The lowest BCUT2D eigenvalue weighted by Gasteiger charge is -2.38. The second-order valence-corrected chi connectivity index (χ2v) is 6.54. The van der Waals surface area contributed by atoms with Gasteiger partial charge in [-0.1, -0.05) is 12.8 Å². The minimum atomic E-state index is -0.467. The highest BCUT2D eigenvalue weighted by molar-refractivity contribution is 5.89. The number of nitrogens with one attached hydrogen (secondary N) is 2. The zero-order valence-corrected chi connectivity index (χ0v) is 13.0. The molecule has 2 amide bonds. The quantitative estimate of drug-likeness (QED) is 0.667. The lowest BCUT2D eigenvalue weighted by molar-refractivity contribution is -0.135. The second-order valence-electron chi connectivity index (χ2n) is 6.54. The summed E-state index contributed by atoms with van der Waals surface area (Å²) in [5, 5.41) is 15.4. The van der Waals surface area contributed by atoms with Crippen molar-refractivity contribution in [2.75, 3.05) is 19.7 Å². The van der Waals surface area contributed by atoms with Crippen LogP contribution >= 0.6 is 0 Å². The van der Waals surface area contributed by atoms with E-state index in [1.807, 2.05) is 13.8 Å². The van der Waals surface area contributed by atoms with Crippen LogP contribution in [0.25, 0.3) is 0 Å². The van der Waals surface area contributed by atoms with Crippen molar-refractivity contribution in [2.45, 2.75) is 63.6 Å². The third kappa shape index (κ3) is 3.74. The van der Waals surface area contributed by atoms with Crippen molar-refractivity contribution < 1.29 is 14.7 Å². The number of carbonyl (C=O) groups is 2. The van der Waals surface area contributed by atoms with Crippen LogP contribution in [0.15, 0.2) is 0 Å². The lowest BCUT2D eigenvalue weighted by Crippen LogP contribution is -2.59. The van der Waals surface area contributed by atoms with Crippen LogP contribution in [-0.4, -0.2) is 59.1 Å². The molecule has 1 atom stereocenters. The lowest BCUT2D eigenvalue weighted by atomic mass is 9.97. The van der Waals surface area contributed by atoms with E-state index >= 15 is 0 Å². The first-order chi connectivity index (χ1) is 9.97. The van der Waals surface area contributed by atoms with E-state index in [0.29, 0.717) is 6.54 Å². The van der Waals surface area contributed by atoms with Gasteiger partial charge >= 0.3 is 0 Å². The summed E-state index contributed by atoms with van der Waals surface area (Å²) in [4.78, 5) is 26.4. The maximum absolute atomic E-state index is 12.3. The molecule has 1 aliphatic carbocycles. The van der Waals surface area contributed by atoms with Crippen molar-refractivity contribution in [1.82, 2.24) is 15.5 Å². The smallest absolute Gasteiger partial charge is 0.237 e. The molecule has 1 saturated carbocycles. The highest BCUT2D eigenvalue weighted by Crippen LogP contribution is 2.29. The number of hydrogen-bond donors (Lipinski definition) is 3. The molecule has 6 heteroatoms. The summed E-state index contributed by atoms with van der Waals surface area (Å²) < 4.78 is 0. The minimum absolute atomic E-state index is 0.0243. The SMILES string of the molecule is CC(C)N1CCNC(=O)[C@@H]1CC(=O)NC1(CO)CCCC1. The molecule has 2 fully saturated rings. The predicted octanol–water partition coefficient (Wildman–Crippen LogP) is 0.00660. The van der Waals surface area contributed by atoms with Gasteiger partial charge in [0.15, 0.2) is 0 Å². The molecule has 3 N–H and O–H groups in total. The largest absolute Gasteiger partial charge is 0.394 e. The van der Waals surface area contributed by atoms with E-state index in [0.717, 1.165) is 32.2 Å². The van der Waals surface area contributed by atoms with Gasteiger partial charge in [-0.3, -0.25) is 14.5 Å². The van der Waals surface area contributed by atoms with Crippen LogP contribution in [0.2, 0.25) is 0 Å². The first kappa shape index (κ1) is 16.2. The Morgan fingerprint density at radius 1 is 1.48 bits per heavy atom. The fraction of sp³-hybridized carbons (Fsp3) is 0.867. The Morgan fingerprint density at radius 3 is 2.71 bits per heavy atom. The predicted molar refractivity (Wildman–Crippen MR) is 79.7 cm³/mol. The van der Waals surface area contributed by atoms with Gasteiger partial charge in [-0.15, -0.1) is 0 Å². The summed E-state index contributed by atoms with van der Waals surface area (Å²) >= 11 is 0. The van der Waals surface area contributed by atoms with Gasteiger partial charge in [-0.2, -0.15) is 0 Å². The first-order valence-electron chi connectivity index (χ1n) is 7.93. The molecule has 0 aromatic carbocycles. The number of aliphatic hydroxyl groups is 1. The second kappa shape index (κ2) is 6.75. The molecule has 0 unspecified atom stereocenters. The standard InChI is InChI=1S/C15H27N3O3/c1-11(2)18-8-7-16-14(21)12(18)9-13(20)17-15(10-19)5-3-4-6-15/h11-12,19H,3-10H2,1-2H3,(H,16,21)(H,17,20)/t12-/m0/s1. The Hall–Kier alpha value is -1.14. The monoisotopic (exact) mass is 297 g/mol. The average molecular weight is 297 g/mol. The van der Waals surface area contributed by atoms with Crippen LogP contribution in [0.4, 0.5) is 0 Å². The van der Waals surface area contributed by atoms with Crippen LogP contribution in [0, 0.1) is 0 Å². The number of amides is 2. The normalized spacial score (nSPS) is 25.9. The molecule has 21 heavy (non-hydrogen) atoms. The number of piperazine rings is 1. The molecule has 0 aromatic rings. The molecule has 6 nitrogen and oxygen atoms in total. The van der Waals surface area contributed by atoms with Crippen molar-refractivity contribution in [3.8, 4) is 0 Å². The van der Waals surface area contributed by atoms with Gasteiger partial charge in [0.1, 0.15) is 0 Å². The maximum Gasteiger partial charge on any atom is 0.237 e. The van der Waals surface area contributed by atoms with E-state index < -0.39 is 11.6 Å². The summed E-state index contributed by atoms with van der Waals surface area (Å²) in [6.45, 7) is 5.46. The number of rotatable bonds is 5. The molecule has 120 valence electrons. The van der Waals surface area contributed by atoms with E-state index in [1.54, 1.807) is 0 Å². The third-order valence-electron chi connectivity index (χ3n) is 4.68. The van der Waals surface area contributed by atoms with Gasteiger partial charge in [-0.25, -0.2) is 0 Å². The van der Waals surface area contributed by atoms with Crippen LogP contribution in [0.3, 0.4) is 0 Å². The van der Waals surface area contributed by atoms with Gasteiger partial charge in [0.25, 0.3) is 0 Å². The van der Waals surface area contributed by atoms with Crippen molar-refractivity contribution in [2.24, 2.45) is 0 Å². The Labute approximate surface area is 126 Å². The molecule has 1 heterocycles. The van der Waals surface area contributed by atoms with Crippen LogP contribution in [0.1, 0.15) is 46.0 Å². The van der Waals surface area contributed by atoms with Gasteiger partial charge in [-0.05, 0) is 26.7 Å². The Kier molecular flexibility index (Phi) is 5.22. The van der Waals surface area contributed by atoms with Crippen molar-refractivity contribution >= 4 is 11.8 Å². The third-order valence-corrected chi connectivity index (χ3v) is 4.68. The number of carbonyl (C=O) groups excluding carboxylic acids is 2. The fourth-order valence-electron chi connectivity index (χ4n) is 3.46. The Morgan fingerprint density at radius 2 is 2.14 bits per heavy atom. The Bertz CT molecular complexity index is 392. The summed E-state index contributed by atoms with van der Waals surface area (Å²) in [6.07, 6.45) is 3.86. The molecule has 0 radical (unpaired) electrons. The molecule has 1 saturated heterocycles. The molecule has 1 aliphatic heterocycles. The average Bonchev–Trinajstić information content (AvgIpc) is 2.89. The maximum atomic E-state index is 12.3. The van der Waals surface area contributed by atoms with Crippen molar-refractivity contribution in [3.63, 3.8) is 0 Å². The van der Waals surface area contributed by atoms with Crippen molar-refractivity contribution in [3.05, 3.63) is 0 Å². The van der Waals surface area contributed by atoms with Gasteiger partial charge in [0.2, 0.25) is 11.8 Å². The van der Waals surface area contributed by atoms with Crippen molar-refractivity contribution in [1.29, 1.82) is 0 Å². The first-order valence-corrected chi connectivity index (χ1v) is 7.93. The number of aliphatic hydroxyl groups excluding tert-OH is 1. The van der Waals surface area contributed by atoms with E-state index in [4.69, 9.17) is 0 Å². The zero-order chi connectivity index (χ0) is 15.5. The number of nitrogens with zero attached hydrogens (tertiary/aromatic N) is 1. The summed E-state index contributed by atoms with van der Waals surface area (Å²) in [5.41, 5.74) is -0.467. The van der Waals surface area contributed by atoms with Gasteiger partial charge in [0, 0.05) is 19.1 Å². The summed E-state index contributed by atoms with van der Waals surface area (Å²) in [5.74, 6) is -0.215. The van der Waals surface area contributed by atoms with Crippen LogP contribution < -0.4 is 10.6 Å². The van der Waals surface area contributed by atoms with E-state index in [1.165, 1.54) is 0 Å². The molecular formula is C15H27N3O3. The van der Waals surface area contributed by atoms with Crippen LogP contribution in [0.5, 0.6) is 0 Å². The van der Waals surface area contributed by atoms with E-state index in [9.17, 15) is 14.7 Å². The molecule has 0 bridgehead atoms. The number of hydrogen-bond acceptors (Lipinski definition) is 4. The minimum Gasteiger partial charge on any atom is -0.394 e. The fourth-order valence-corrected chi connectivity index (χ4v) is 3.46. The van der Waals surface area contributed by atoms with E-state index in [2.05, 4.69) is 15.5 Å².